The fourth-order valence-corrected chi connectivity index (χ4v) is 4.43. The third-order valence-corrected chi connectivity index (χ3v) is 5.79. The van der Waals surface area contributed by atoms with Crippen LogP contribution >= 0.6 is 0 Å². The third-order valence-electron chi connectivity index (χ3n) is 5.79. The second-order valence-electron chi connectivity index (χ2n) is 8.02. The number of carboxylic acid groups (broad SMARTS) is 1. The summed E-state index contributed by atoms with van der Waals surface area (Å²) in [6.07, 6.45) is 13.8. The van der Waals surface area contributed by atoms with E-state index in [2.05, 4.69) is 24.3 Å². The Hall–Kier alpha value is -2.20. The van der Waals surface area contributed by atoms with Crippen molar-refractivity contribution in [3.63, 3.8) is 0 Å². The van der Waals surface area contributed by atoms with Crippen LogP contribution in [0.3, 0.4) is 0 Å². The molecule has 2 saturated heterocycles. The van der Waals surface area contributed by atoms with Crippen molar-refractivity contribution >= 4 is 11.8 Å². The van der Waals surface area contributed by atoms with E-state index >= 15 is 0 Å². The van der Waals surface area contributed by atoms with Crippen LogP contribution in [-0.4, -0.2) is 29.1 Å². The van der Waals surface area contributed by atoms with Gasteiger partial charge in [-0.15, -0.1) is 0 Å². The van der Waals surface area contributed by atoms with Crippen LogP contribution < -0.4 is 0 Å². The third kappa shape index (κ3) is 5.65. The minimum atomic E-state index is -0.740. The molecule has 150 valence electrons. The summed E-state index contributed by atoms with van der Waals surface area (Å²) in [5.41, 5.74) is 2.23. The van der Waals surface area contributed by atoms with E-state index in [1.54, 1.807) is 6.08 Å². The van der Waals surface area contributed by atoms with E-state index in [4.69, 9.17) is 9.84 Å². The number of carbonyl (C=O) groups excluding carboxylic acids is 1. The summed E-state index contributed by atoms with van der Waals surface area (Å²) in [6, 6.07) is 8.09. The average Bonchev–Trinajstić information content (AvgIpc) is 3.24. The summed E-state index contributed by atoms with van der Waals surface area (Å²) in [5.74, 6) is 0.105. The number of benzene rings is 1. The van der Waals surface area contributed by atoms with Gasteiger partial charge in [0.05, 0.1) is 12.2 Å². The highest BCUT2D eigenvalue weighted by atomic mass is 16.5. The van der Waals surface area contributed by atoms with Crippen LogP contribution in [0.5, 0.6) is 0 Å². The Morgan fingerprint density at radius 2 is 2.04 bits per heavy atom. The number of ether oxygens (including phenoxy) is 1. The number of hydrogen-bond donors (Lipinski definition) is 1. The van der Waals surface area contributed by atoms with Crippen LogP contribution in [0, 0.1) is 18.8 Å². The van der Waals surface area contributed by atoms with Crippen molar-refractivity contribution < 1.29 is 19.4 Å². The summed E-state index contributed by atoms with van der Waals surface area (Å²) < 4.78 is 6.10. The second-order valence-corrected chi connectivity index (χ2v) is 8.02. The number of allylic oxidation sites excluding steroid dienone is 3. The molecule has 4 atom stereocenters. The molecule has 0 aliphatic carbocycles. The molecule has 1 aromatic rings. The van der Waals surface area contributed by atoms with Crippen molar-refractivity contribution in [2.24, 2.45) is 11.8 Å². The molecule has 2 heterocycles. The number of carboxylic acids is 1. The van der Waals surface area contributed by atoms with Crippen LogP contribution in [-0.2, 0) is 20.7 Å². The van der Waals surface area contributed by atoms with Crippen LogP contribution in [0.4, 0.5) is 0 Å². The molecule has 28 heavy (non-hydrogen) atoms. The fourth-order valence-electron chi connectivity index (χ4n) is 4.43. The monoisotopic (exact) mass is 382 g/mol. The van der Waals surface area contributed by atoms with Gasteiger partial charge in [-0.2, -0.15) is 0 Å². The SMILES string of the molecule is Cc1cccc(CC(=O)C=C[C@H]2[C@@H](CC=CCCCC(=O)O)[C@H]3CC[C@@H]2O3)c1. The summed E-state index contributed by atoms with van der Waals surface area (Å²) >= 11 is 0. The van der Waals surface area contributed by atoms with Crippen LogP contribution in [0.1, 0.15) is 49.7 Å². The Bertz CT molecular complexity index is 749. The summed E-state index contributed by atoms with van der Waals surface area (Å²) in [7, 11) is 0. The molecule has 0 radical (unpaired) electrons. The Kier molecular flexibility index (Phi) is 7.21. The van der Waals surface area contributed by atoms with Crippen LogP contribution in [0.15, 0.2) is 48.6 Å². The molecule has 4 heteroatoms. The molecule has 4 nitrogen and oxygen atoms in total. The molecule has 1 aromatic carbocycles. The lowest BCUT2D eigenvalue weighted by Crippen LogP contribution is -2.25. The average molecular weight is 383 g/mol. The van der Waals surface area contributed by atoms with Gasteiger partial charge in [-0.25, -0.2) is 0 Å². The predicted molar refractivity (Wildman–Crippen MR) is 109 cm³/mol. The van der Waals surface area contributed by atoms with Crippen molar-refractivity contribution in [1.82, 2.24) is 0 Å². The first kappa shape index (κ1) is 20.5. The maximum absolute atomic E-state index is 12.4. The Balaban J connectivity index is 1.52. The summed E-state index contributed by atoms with van der Waals surface area (Å²) in [6.45, 7) is 2.04. The normalized spacial score (nSPS) is 26.5. The maximum Gasteiger partial charge on any atom is 0.303 e. The number of unbranched alkanes of at least 4 members (excludes halogenated alkanes) is 1. The number of fused-ring (bicyclic) bond motifs is 2. The lowest BCUT2D eigenvalue weighted by atomic mass is 9.77. The van der Waals surface area contributed by atoms with Gasteiger partial charge in [0, 0.05) is 18.8 Å². The van der Waals surface area contributed by atoms with Crippen molar-refractivity contribution in [3.8, 4) is 0 Å². The lowest BCUT2D eigenvalue weighted by Gasteiger charge is -2.24. The largest absolute Gasteiger partial charge is 0.481 e. The van der Waals surface area contributed by atoms with Gasteiger partial charge >= 0.3 is 5.97 Å². The van der Waals surface area contributed by atoms with Gasteiger partial charge in [-0.3, -0.25) is 9.59 Å². The van der Waals surface area contributed by atoms with Gasteiger partial charge in [-0.05, 0) is 56.6 Å². The highest BCUT2D eigenvalue weighted by Gasteiger charge is 2.46. The van der Waals surface area contributed by atoms with E-state index in [9.17, 15) is 9.59 Å². The minimum Gasteiger partial charge on any atom is -0.481 e. The molecule has 2 bridgehead atoms. The van der Waals surface area contributed by atoms with E-state index in [0.29, 0.717) is 24.7 Å². The van der Waals surface area contributed by atoms with Gasteiger partial charge in [0.15, 0.2) is 5.78 Å². The van der Waals surface area contributed by atoms with Gasteiger partial charge in [0.25, 0.3) is 0 Å². The quantitative estimate of drug-likeness (QED) is 0.363. The molecule has 2 fully saturated rings. The molecule has 0 saturated carbocycles. The van der Waals surface area contributed by atoms with Crippen LogP contribution in [0.25, 0.3) is 0 Å². The van der Waals surface area contributed by atoms with E-state index in [1.807, 2.05) is 25.1 Å². The van der Waals surface area contributed by atoms with Gasteiger partial charge < -0.3 is 9.84 Å². The number of aliphatic carboxylic acids is 1. The number of carbonyl (C=O) groups is 2. The zero-order valence-electron chi connectivity index (χ0n) is 16.5. The first-order valence-corrected chi connectivity index (χ1v) is 10.3. The molecular formula is C24H30O4. The molecule has 2 aliphatic rings. The maximum atomic E-state index is 12.4. The topological polar surface area (TPSA) is 63.6 Å². The highest BCUT2D eigenvalue weighted by molar-refractivity contribution is 5.91. The lowest BCUT2D eigenvalue weighted by molar-refractivity contribution is -0.137. The number of rotatable bonds is 10. The van der Waals surface area contributed by atoms with Crippen molar-refractivity contribution in [2.75, 3.05) is 0 Å². The zero-order valence-corrected chi connectivity index (χ0v) is 16.5. The van der Waals surface area contributed by atoms with Crippen molar-refractivity contribution in [1.29, 1.82) is 0 Å². The first-order valence-electron chi connectivity index (χ1n) is 10.3. The number of hydrogen-bond acceptors (Lipinski definition) is 3. The standard InChI is InChI=1S/C24H30O4/c1-17-7-6-8-18(15-17)16-19(25)11-12-21-20(22-13-14-23(21)28-22)9-4-2-3-5-10-24(26)27/h2,4,6-8,11-12,15,20-23H,3,5,9-10,13-14,16H2,1H3,(H,26,27)/t20-,21+,22-,23+/m1/s1. The Morgan fingerprint density at radius 1 is 1.21 bits per heavy atom. The van der Waals surface area contributed by atoms with Gasteiger partial charge in [0.2, 0.25) is 0 Å². The van der Waals surface area contributed by atoms with Crippen LogP contribution in [0.2, 0.25) is 0 Å². The molecule has 0 unspecified atom stereocenters. The molecule has 0 spiro atoms. The Labute approximate surface area is 167 Å². The first-order chi connectivity index (χ1) is 13.5. The molecular weight excluding hydrogens is 352 g/mol. The van der Waals surface area contributed by atoms with E-state index in [-0.39, 0.29) is 24.4 Å². The van der Waals surface area contributed by atoms with Crippen molar-refractivity contribution in [2.45, 2.75) is 64.1 Å². The molecule has 1 N–H and O–H groups in total. The van der Waals surface area contributed by atoms with Gasteiger partial charge in [-0.1, -0.05) is 48.1 Å². The van der Waals surface area contributed by atoms with E-state index in [0.717, 1.165) is 31.2 Å². The smallest absolute Gasteiger partial charge is 0.303 e. The van der Waals surface area contributed by atoms with Crippen molar-refractivity contribution in [3.05, 3.63) is 59.7 Å². The number of aryl methyl sites for hydroxylation is 1. The molecule has 3 rings (SSSR count). The predicted octanol–water partition coefficient (Wildman–Crippen LogP) is 4.66. The molecule has 0 aromatic heterocycles. The van der Waals surface area contributed by atoms with Gasteiger partial charge in [0.1, 0.15) is 0 Å². The summed E-state index contributed by atoms with van der Waals surface area (Å²) in [4.78, 5) is 22.9. The highest BCUT2D eigenvalue weighted by Crippen LogP contribution is 2.45. The number of ketones is 1. The second kappa shape index (κ2) is 9.83. The molecule has 2 aliphatic heterocycles. The zero-order chi connectivity index (χ0) is 19.9. The Morgan fingerprint density at radius 3 is 2.82 bits per heavy atom. The summed E-state index contributed by atoms with van der Waals surface area (Å²) in [5, 5.41) is 8.68. The van der Waals surface area contributed by atoms with E-state index < -0.39 is 5.97 Å². The molecule has 0 amide bonds. The van der Waals surface area contributed by atoms with E-state index in [1.165, 1.54) is 5.56 Å². The fraction of sp³-hybridized carbons (Fsp3) is 0.500. The minimum absolute atomic E-state index is 0.135.